The minimum absolute atomic E-state index is 0.101. The Kier molecular flexibility index (Phi) is 4.91. The van der Waals surface area contributed by atoms with Gasteiger partial charge in [-0.2, -0.15) is 5.26 Å². The number of anilines is 1. The first-order valence-corrected chi connectivity index (χ1v) is 8.54. The maximum atomic E-state index is 13.0. The lowest BCUT2D eigenvalue weighted by atomic mass is 10.0. The zero-order chi connectivity index (χ0) is 18.0. The molecule has 3 rings (SSSR count). The molecule has 132 valence electrons. The van der Waals surface area contributed by atoms with E-state index in [0.29, 0.717) is 11.1 Å². The standard InChI is InChI=1S/C18H22N4O3/c1-3-25-18(24)20-16-14-10-12(11-19)4-5-15(14)22(17(16)23)13-6-8-21(2)9-7-13/h4-5,10,13,16H,3,6-9H2,1-2H3,(H,20,24). The van der Waals surface area contributed by atoms with Gasteiger partial charge in [0.1, 0.15) is 6.04 Å². The third-order valence-electron chi connectivity index (χ3n) is 4.80. The van der Waals surface area contributed by atoms with Crippen molar-refractivity contribution >= 4 is 17.7 Å². The third-order valence-corrected chi connectivity index (χ3v) is 4.80. The van der Waals surface area contributed by atoms with Crippen molar-refractivity contribution in [1.82, 2.24) is 10.2 Å². The number of nitrogens with zero attached hydrogens (tertiary/aromatic N) is 3. The quantitative estimate of drug-likeness (QED) is 0.905. The van der Waals surface area contributed by atoms with Gasteiger partial charge in [-0.1, -0.05) is 0 Å². The molecule has 2 aliphatic heterocycles. The van der Waals surface area contributed by atoms with Crippen LogP contribution < -0.4 is 10.2 Å². The molecule has 1 atom stereocenters. The van der Waals surface area contributed by atoms with E-state index in [0.717, 1.165) is 31.6 Å². The Morgan fingerprint density at radius 3 is 2.76 bits per heavy atom. The molecule has 2 amide bonds. The van der Waals surface area contributed by atoms with Gasteiger partial charge in [0.15, 0.2) is 0 Å². The summed E-state index contributed by atoms with van der Waals surface area (Å²) in [5, 5.41) is 11.8. The van der Waals surface area contributed by atoms with Crippen LogP contribution in [-0.2, 0) is 9.53 Å². The van der Waals surface area contributed by atoms with Gasteiger partial charge in [0.2, 0.25) is 0 Å². The topological polar surface area (TPSA) is 85.7 Å². The molecule has 25 heavy (non-hydrogen) atoms. The molecule has 0 aromatic heterocycles. The first-order chi connectivity index (χ1) is 12.0. The molecule has 1 aromatic rings. The van der Waals surface area contributed by atoms with Crippen LogP contribution in [-0.4, -0.2) is 49.7 Å². The number of hydrogen-bond acceptors (Lipinski definition) is 5. The van der Waals surface area contributed by atoms with Gasteiger partial charge in [-0.25, -0.2) is 4.79 Å². The summed E-state index contributed by atoms with van der Waals surface area (Å²) in [5.41, 5.74) is 1.91. The molecule has 2 heterocycles. The fourth-order valence-electron chi connectivity index (χ4n) is 3.53. The van der Waals surface area contributed by atoms with Gasteiger partial charge in [0.05, 0.1) is 18.2 Å². The van der Waals surface area contributed by atoms with E-state index in [9.17, 15) is 9.59 Å². The van der Waals surface area contributed by atoms with E-state index in [4.69, 9.17) is 10.00 Å². The summed E-state index contributed by atoms with van der Waals surface area (Å²) in [6.45, 7) is 3.80. The Morgan fingerprint density at radius 1 is 1.40 bits per heavy atom. The van der Waals surface area contributed by atoms with E-state index in [2.05, 4.69) is 23.3 Å². The maximum Gasteiger partial charge on any atom is 0.408 e. The molecule has 1 N–H and O–H groups in total. The van der Waals surface area contributed by atoms with Crippen molar-refractivity contribution in [2.45, 2.75) is 31.8 Å². The highest BCUT2D eigenvalue weighted by atomic mass is 16.5. The van der Waals surface area contributed by atoms with Crippen LogP contribution in [0.15, 0.2) is 18.2 Å². The van der Waals surface area contributed by atoms with Gasteiger partial charge < -0.3 is 19.9 Å². The minimum Gasteiger partial charge on any atom is -0.450 e. The number of alkyl carbamates (subject to hydrolysis) is 1. The summed E-state index contributed by atoms with van der Waals surface area (Å²) >= 11 is 0. The molecule has 7 heteroatoms. The van der Waals surface area contributed by atoms with Crippen molar-refractivity contribution in [3.8, 4) is 6.07 Å². The molecule has 1 unspecified atom stereocenters. The van der Waals surface area contributed by atoms with Gasteiger partial charge in [-0.15, -0.1) is 0 Å². The van der Waals surface area contributed by atoms with Crippen molar-refractivity contribution in [2.75, 3.05) is 31.6 Å². The second-order valence-electron chi connectivity index (χ2n) is 6.43. The normalized spacial score (nSPS) is 20.9. The highest BCUT2D eigenvalue weighted by Crippen LogP contribution is 2.39. The van der Waals surface area contributed by atoms with Gasteiger partial charge in [-0.05, 0) is 58.1 Å². The lowest BCUT2D eigenvalue weighted by molar-refractivity contribution is -0.120. The predicted octanol–water partition coefficient (Wildman–Crippen LogP) is 1.79. The molecule has 0 aliphatic carbocycles. The SMILES string of the molecule is CCOC(=O)NC1C(=O)N(C2CCN(C)CC2)c2ccc(C#N)cc21. The number of nitriles is 1. The van der Waals surface area contributed by atoms with E-state index in [1.165, 1.54) is 0 Å². The van der Waals surface area contributed by atoms with Crippen LogP contribution in [0.2, 0.25) is 0 Å². The maximum absolute atomic E-state index is 13.0. The van der Waals surface area contributed by atoms with Crippen molar-refractivity contribution in [3.05, 3.63) is 29.3 Å². The largest absolute Gasteiger partial charge is 0.450 e. The van der Waals surface area contributed by atoms with Gasteiger partial charge >= 0.3 is 6.09 Å². The first kappa shape index (κ1) is 17.2. The fourth-order valence-corrected chi connectivity index (χ4v) is 3.53. The average molecular weight is 342 g/mol. The number of benzene rings is 1. The van der Waals surface area contributed by atoms with E-state index >= 15 is 0 Å². The smallest absolute Gasteiger partial charge is 0.408 e. The number of hydrogen-bond donors (Lipinski definition) is 1. The van der Waals surface area contributed by atoms with E-state index in [1.807, 2.05) is 0 Å². The number of nitrogens with one attached hydrogen (secondary N) is 1. The minimum atomic E-state index is -0.804. The van der Waals surface area contributed by atoms with Crippen molar-refractivity contribution in [3.63, 3.8) is 0 Å². The number of carbonyl (C=O) groups excluding carboxylic acids is 2. The van der Waals surface area contributed by atoms with Gasteiger partial charge in [0.25, 0.3) is 5.91 Å². The van der Waals surface area contributed by atoms with E-state index < -0.39 is 12.1 Å². The first-order valence-electron chi connectivity index (χ1n) is 8.54. The molecule has 0 saturated carbocycles. The number of fused-ring (bicyclic) bond motifs is 1. The third kappa shape index (κ3) is 3.30. The van der Waals surface area contributed by atoms with Crippen molar-refractivity contribution in [1.29, 1.82) is 5.26 Å². The van der Waals surface area contributed by atoms with Crippen LogP contribution in [0.25, 0.3) is 0 Å². The molecule has 1 aromatic carbocycles. The summed E-state index contributed by atoms with van der Waals surface area (Å²) in [6, 6.07) is 6.58. The Morgan fingerprint density at radius 2 is 2.12 bits per heavy atom. The average Bonchev–Trinajstić information content (AvgIpc) is 2.87. The molecule has 0 radical (unpaired) electrons. The van der Waals surface area contributed by atoms with Gasteiger partial charge in [0, 0.05) is 17.3 Å². The summed E-state index contributed by atoms with van der Waals surface area (Å²) < 4.78 is 4.93. The fraction of sp³-hybridized carbons (Fsp3) is 0.500. The second kappa shape index (κ2) is 7.11. The molecule has 1 saturated heterocycles. The van der Waals surface area contributed by atoms with E-state index in [1.54, 1.807) is 30.0 Å². The summed E-state index contributed by atoms with van der Waals surface area (Å²) in [4.78, 5) is 28.9. The Hall–Kier alpha value is -2.59. The Balaban J connectivity index is 1.92. The van der Waals surface area contributed by atoms with Crippen molar-refractivity contribution in [2.24, 2.45) is 0 Å². The summed E-state index contributed by atoms with van der Waals surface area (Å²) in [6.07, 6.45) is 1.14. The molecular weight excluding hydrogens is 320 g/mol. The molecule has 0 spiro atoms. The van der Waals surface area contributed by atoms with E-state index in [-0.39, 0.29) is 18.6 Å². The number of amides is 2. The monoisotopic (exact) mass is 342 g/mol. The second-order valence-corrected chi connectivity index (χ2v) is 6.43. The number of rotatable bonds is 3. The summed E-state index contributed by atoms with van der Waals surface area (Å²) in [5.74, 6) is -0.160. The number of carbonyl (C=O) groups is 2. The zero-order valence-corrected chi connectivity index (χ0v) is 14.5. The van der Waals surface area contributed by atoms with Crippen LogP contribution in [0.1, 0.15) is 36.9 Å². The molecule has 7 nitrogen and oxygen atoms in total. The lowest BCUT2D eigenvalue weighted by Gasteiger charge is -2.35. The highest BCUT2D eigenvalue weighted by Gasteiger charge is 2.42. The Bertz CT molecular complexity index is 720. The van der Waals surface area contributed by atoms with Crippen LogP contribution >= 0.6 is 0 Å². The van der Waals surface area contributed by atoms with Crippen LogP contribution in [0.4, 0.5) is 10.5 Å². The van der Waals surface area contributed by atoms with Crippen molar-refractivity contribution < 1.29 is 14.3 Å². The number of ether oxygens (including phenoxy) is 1. The molecule has 2 aliphatic rings. The Labute approximate surface area is 147 Å². The number of piperidine rings is 1. The molecular formula is C18H22N4O3. The predicted molar refractivity (Wildman–Crippen MR) is 92.1 cm³/mol. The lowest BCUT2D eigenvalue weighted by Crippen LogP contribution is -2.47. The molecule has 1 fully saturated rings. The van der Waals surface area contributed by atoms with Gasteiger partial charge in [-0.3, -0.25) is 4.79 Å². The number of likely N-dealkylation sites (tertiary alicyclic amines) is 1. The van der Waals surface area contributed by atoms with Crippen LogP contribution in [0.5, 0.6) is 0 Å². The highest BCUT2D eigenvalue weighted by molar-refractivity contribution is 6.06. The van der Waals surface area contributed by atoms with Crippen LogP contribution in [0, 0.1) is 11.3 Å². The summed E-state index contributed by atoms with van der Waals surface area (Å²) in [7, 11) is 2.07. The molecule has 0 bridgehead atoms. The van der Waals surface area contributed by atoms with Crippen LogP contribution in [0.3, 0.4) is 0 Å². The zero-order valence-electron chi connectivity index (χ0n) is 14.5.